The third-order valence-corrected chi connectivity index (χ3v) is 2.08. The first kappa shape index (κ1) is 9.46. The average molecular weight is 171 g/mol. The van der Waals surface area contributed by atoms with Crippen molar-refractivity contribution < 1.29 is 14.6 Å². The van der Waals surface area contributed by atoms with Gasteiger partial charge in [0.2, 0.25) is 0 Å². The lowest BCUT2D eigenvalue weighted by Gasteiger charge is -2.27. The number of nitriles is 1. The van der Waals surface area contributed by atoms with Crippen LogP contribution in [0.4, 0.5) is 0 Å². The van der Waals surface area contributed by atoms with Crippen LogP contribution in [0, 0.1) is 17.2 Å². The minimum Gasteiger partial charge on any atom is -0.384 e. The van der Waals surface area contributed by atoms with E-state index in [9.17, 15) is 5.11 Å². The van der Waals surface area contributed by atoms with E-state index in [4.69, 9.17) is 14.7 Å². The van der Waals surface area contributed by atoms with Crippen molar-refractivity contribution in [3.63, 3.8) is 0 Å². The van der Waals surface area contributed by atoms with Gasteiger partial charge in [0.15, 0.2) is 0 Å². The number of ether oxygens (including phenoxy) is 2. The lowest BCUT2D eigenvalue weighted by molar-refractivity contribution is -0.0768. The molecule has 0 radical (unpaired) electrons. The summed E-state index contributed by atoms with van der Waals surface area (Å²) in [4.78, 5) is 0. The topological polar surface area (TPSA) is 62.5 Å². The lowest BCUT2D eigenvalue weighted by Crippen LogP contribution is -2.43. The Morgan fingerprint density at radius 2 is 1.92 bits per heavy atom. The molecule has 1 aliphatic heterocycles. The Morgan fingerprint density at radius 3 is 2.33 bits per heavy atom. The molecule has 0 aromatic heterocycles. The molecule has 1 saturated heterocycles. The summed E-state index contributed by atoms with van der Waals surface area (Å²) < 4.78 is 10.2. The van der Waals surface area contributed by atoms with Crippen LogP contribution in [-0.2, 0) is 9.47 Å². The largest absolute Gasteiger partial charge is 0.384 e. The molecule has 1 fully saturated rings. The highest BCUT2D eigenvalue weighted by Gasteiger charge is 2.36. The summed E-state index contributed by atoms with van der Waals surface area (Å²) in [6.07, 6.45) is 0. The van der Waals surface area contributed by atoms with E-state index in [1.165, 1.54) is 0 Å². The van der Waals surface area contributed by atoms with Crippen molar-refractivity contribution in [2.45, 2.75) is 12.5 Å². The minimum absolute atomic E-state index is 0.182. The van der Waals surface area contributed by atoms with Gasteiger partial charge >= 0.3 is 0 Å². The summed E-state index contributed by atoms with van der Waals surface area (Å²) in [5.74, 6) is -0.462. The molecule has 1 atom stereocenters. The summed E-state index contributed by atoms with van der Waals surface area (Å²) in [6, 6.07) is 1.99. The van der Waals surface area contributed by atoms with E-state index < -0.39 is 11.5 Å². The monoisotopic (exact) mass is 171 g/mol. The molecule has 0 spiro atoms. The van der Waals surface area contributed by atoms with E-state index in [0.717, 1.165) is 0 Å². The molecule has 1 aliphatic rings. The Morgan fingerprint density at radius 1 is 1.42 bits per heavy atom. The molecule has 0 amide bonds. The predicted octanol–water partition coefficient (Wildman–Crippen LogP) is -0.0760. The Kier molecular flexibility index (Phi) is 3.04. The van der Waals surface area contributed by atoms with E-state index >= 15 is 0 Å². The Balaban J connectivity index is 2.61. The van der Waals surface area contributed by atoms with Gasteiger partial charge in [-0.25, -0.2) is 0 Å². The van der Waals surface area contributed by atoms with E-state index in [0.29, 0.717) is 13.2 Å². The number of rotatable bonds is 1. The summed E-state index contributed by atoms with van der Waals surface area (Å²) in [5.41, 5.74) is -1.13. The molecule has 1 rings (SSSR count). The van der Waals surface area contributed by atoms with Crippen molar-refractivity contribution in [2.75, 3.05) is 26.4 Å². The third-order valence-electron chi connectivity index (χ3n) is 2.08. The minimum atomic E-state index is -1.13. The first-order valence-electron chi connectivity index (χ1n) is 3.96. The maximum atomic E-state index is 9.85. The number of aliphatic hydroxyl groups is 1. The van der Waals surface area contributed by atoms with Crippen molar-refractivity contribution in [3.05, 3.63) is 0 Å². The van der Waals surface area contributed by atoms with Crippen LogP contribution in [0.5, 0.6) is 0 Å². The van der Waals surface area contributed by atoms with Crippen molar-refractivity contribution in [3.8, 4) is 6.07 Å². The molecule has 4 nitrogen and oxygen atoms in total. The zero-order chi connectivity index (χ0) is 9.03. The van der Waals surface area contributed by atoms with Crippen LogP contribution in [-0.4, -0.2) is 37.1 Å². The summed E-state index contributed by atoms with van der Waals surface area (Å²) in [5, 5.41) is 18.5. The van der Waals surface area contributed by atoms with Crippen LogP contribution in [0.1, 0.15) is 6.92 Å². The highest BCUT2D eigenvalue weighted by atomic mass is 16.6. The molecule has 68 valence electrons. The van der Waals surface area contributed by atoms with E-state index in [2.05, 4.69) is 0 Å². The molecular weight excluding hydrogens is 158 g/mol. The molecule has 4 heteroatoms. The maximum absolute atomic E-state index is 9.85. The van der Waals surface area contributed by atoms with Gasteiger partial charge in [0.25, 0.3) is 0 Å². The van der Waals surface area contributed by atoms with Crippen LogP contribution < -0.4 is 0 Å². The SMILES string of the molecule is CC(C#N)C1(O)COCCOC1. The highest BCUT2D eigenvalue weighted by molar-refractivity contribution is 4.96. The fourth-order valence-electron chi connectivity index (χ4n) is 1.03. The number of hydrogen-bond donors (Lipinski definition) is 1. The first-order valence-corrected chi connectivity index (χ1v) is 3.96. The van der Waals surface area contributed by atoms with Gasteiger partial charge in [-0.15, -0.1) is 0 Å². The molecule has 0 aromatic carbocycles. The van der Waals surface area contributed by atoms with Crippen molar-refractivity contribution in [1.82, 2.24) is 0 Å². The summed E-state index contributed by atoms with van der Waals surface area (Å²) in [6.45, 7) is 3.00. The Labute approximate surface area is 71.7 Å². The zero-order valence-corrected chi connectivity index (χ0v) is 7.12. The lowest BCUT2D eigenvalue weighted by atomic mass is 9.92. The fraction of sp³-hybridized carbons (Fsp3) is 0.875. The molecule has 12 heavy (non-hydrogen) atoms. The summed E-state index contributed by atoms with van der Waals surface area (Å²) >= 11 is 0. The van der Waals surface area contributed by atoms with Gasteiger partial charge in [0, 0.05) is 0 Å². The van der Waals surface area contributed by atoms with E-state index in [1.807, 2.05) is 6.07 Å². The molecule has 0 bridgehead atoms. The van der Waals surface area contributed by atoms with Gasteiger partial charge in [-0.1, -0.05) is 0 Å². The Hall–Kier alpha value is -0.630. The standard InChI is InChI=1S/C8H13NO3/c1-7(4-9)8(10)5-11-2-3-12-6-8/h7,10H,2-3,5-6H2,1H3. The van der Waals surface area contributed by atoms with Crippen LogP contribution in [0.2, 0.25) is 0 Å². The smallest absolute Gasteiger partial charge is 0.127 e. The van der Waals surface area contributed by atoms with Gasteiger partial charge in [0.05, 0.1) is 38.4 Å². The molecule has 0 aromatic rings. The molecule has 0 aliphatic carbocycles. The molecule has 1 heterocycles. The van der Waals surface area contributed by atoms with Gasteiger partial charge < -0.3 is 14.6 Å². The summed E-state index contributed by atoms with van der Waals surface area (Å²) in [7, 11) is 0. The average Bonchev–Trinajstić information content (AvgIpc) is 2.29. The molecule has 1 unspecified atom stereocenters. The molecule has 1 N–H and O–H groups in total. The Bertz CT molecular complexity index is 179. The van der Waals surface area contributed by atoms with E-state index in [1.54, 1.807) is 6.92 Å². The maximum Gasteiger partial charge on any atom is 0.127 e. The van der Waals surface area contributed by atoms with Crippen LogP contribution in [0.3, 0.4) is 0 Å². The van der Waals surface area contributed by atoms with Crippen LogP contribution in [0.25, 0.3) is 0 Å². The molecule has 0 saturated carbocycles. The van der Waals surface area contributed by atoms with Gasteiger partial charge in [-0.2, -0.15) is 5.26 Å². The molecular formula is C8H13NO3. The van der Waals surface area contributed by atoms with Crippen LogP contribution >= 0.6 is 0 Å². The predicted molar refractivity (Wildman–Crippen MR) is 41.4 cm³/mol. The first-order chi connectivity index (χ1) is 5.69. The van der Waals surface area contributed by atoms with Crippen molar-refractivity contribution in [1.29, 1.82) is 5.26 Å². The second kappa shape index (κ2) is 3.85. The quantitative estimate of drug-likeness (QED) is 0.599. The fourth-order valence-corrected chi connectivity index (χ4v) is 1.03. The zero-order valence-electron chi connectivity index (χ0n) is 7.12. The third kappa shape index (κ3) is 1.95. The normalized spacial score (nSPS) is 25.4. The van der Waals surface area contributed by atoms with Gasteiger partial charge in [0.1, 0.15) is 5.60 Å². The second-order valence-corrected chi connectivity index (χ2v) is 3.06. The van der Waals surface area contributed by atoms with Gasteiger partial charge in [-0.3, -0.25) is 0 Å². The number of hydrogen-bond acceptors (Lipinski definition) is 4. The van der Waals surface area contributed by atoms with Crippen LogP contribution in [0.15, 0.2) is 0 Å². The second-order valence-electron chi connectivity index (χ2n) is 3.06. The van der Waals surface area contributed by atoms with Crippen molar-refractivity contribution >= 4 is 0 Å². The highest BCUT2D eigenvalue weighted by Crippen LogP contribution is 2.19. The number of nitrogens with zero attached hydrogens (tertiary/aromatic N) is 1. The van der Waals surface area contributed by atoms with Crippen molar-refractivity contribution in [2.24, 2.45) is 5.92 Å². The van der Waals surface area contributed by atoms with E-state index in [-0.39, 0.29) is 13.2 Å². The van der Waals surface area contributed by atoms with Gasteiger partial charge in [-0.05, 0) is 6.92 Å².